The summed E-state index contributed by atoms with van der Waals surface area (Å²) < 4.78 is 0. The third kappa shape index (κ3) is 4.43. The first-order valence-electron chi connectivity index (χ1n) is 11.1. The average molecular weight is 421 g/mol. The van der Waals surface area contributed by atoms with Crippen LogP contribution in [0.15, 0.2) is 42.6 Å². The number of carbonyl (C=O) groups excluding carboxylic acids is 2. The first-order chi connectivity index (χ1) is 14.7. The number of pyridine rings is 1. The van der Waals surface area contributed by atoms with Gasteiger partial charge in [0.25, 0.3) is 0 Å². The fourth-order valence-electron chi connectivity index (χ4n) is 4.38. The molecule has 2 amide bonds. The number of rotatable bonds is 5. The number of aromatic nitrogens is 1. The lowest BCUT2D eigenvalue weighted by atomic mass is 9.85. The molecule has 4 rings (SSSR count). The lowest BCUT2D eigenvalue weighted by molar-refractivity contribution is -0.122. The maximum Gasteiger partial charge on any atom is 0.235 e. The van der Waals surface area contributed by atoms with E-state index in [4.69, 9.17) is 5.73 Å². The summed E-state index contributed by atoms with van der Waals surface area (Å²) in [6.07, 6.45) is 5.17. The topological polar surface area (TPSA) is 88.3 Å². The summed E-state index contributed by atoms with van der Waals surface area (Å²) in [6.45, 7) is 8.03. The average Bonchev–Trinajstić information content (AvgIpc) is 3.56. The molecule has 1 aromatic carbocycles. The molecule has 164 valence electrons. The van der Waals surface area contributed by atoms with Gasteiger partial charge in [-0.1, -0.05) is 45.0 Å². The van der Waals surface area contributed by atoms with Crippen molar-refractivity contribution in [1.29, 1.82) is 0 Å². The molecule has 6 heteroatoms. The van der Waals surface area contributed by atoms with E-state index in [0.717, 1.165) is 43.6 Å². The van der Waals surface area contributed by atoms with Crippen molar-refractivity contribution in [2.45, 2.75) is 57.3 Å². The van der Waals surface area contributed by atoms with Crippen molar-refractivity contribution in [3.63, 3.8) is 0 Å². The maximum absolute atomic E-state index is 13.1. The summed E-state index contributed by atoms with van der Waals surface area (Å²) in [5.41, 5.74) is 8.17. The van der Waals surface area contributed by atoms with Crippen LogP contribution in [0.25, 0.3) is 0 Å². The van der Waals surface area contributed by atoms with Gasteiger partial charge >= 0.3 is 0 Å². The molecule has 1 aliphatic carbocycles. The normalized spacial score (nSPS) is 20.2. The Balaban J connectivity index is 1.42. The molecule has 2 aromatic rings. The molecule has 2 aliphatic rings. The highest BCUT2D eigenvalue weighted by molar-refractivity contribution is 6.01. The number of anilines is 2. The van der Waals surface area contributed by atoms with Crippen LogP contribution in [0.1, 0.15) is 57.6 Å². The first kappa shape index (κ1) is 21.3. The Morgan fingerprint density at radius 2 is 1.84 bits per heavy atom. The van der Waals surface area contributed by atoms with Crippen LogP contribution >= 0.6 is 0 Å². The van der Waals surface area contributed by atoms with Gasteiger partial charge in [-0.3, -0.25) is 9.59 Å². The summed E-state index contributed by atoms with van der Waals surface area (Å²) in [6, 6.07) is 12.2. The molecule has 1 saturated heterocycles. The van der Waals surface area contributed by atoms with E-state index in [0.29, 0.717) is 12.2 Å². The molecule has 0 radical (unpaired) electrons. The molecule has 1 saturated carbocycles. The van der Waals surface area contributed by atoms with E-state index in [1.165, 1.54) is 5.56 Å². The number of carbonyl (C=O) groups is 2. The Bertz CT molecular complexity index is 957. The van der Waals surface area contributed by atoms with Crippen LogP contribution in [0.5, 0.6) is 0 Å². The first-order valence-corrected chi connectivity index (χ1v) is 11.1. The molecule has 31 heavy (non-hydrogen) atoms. The molecular formula is C25H32N4O2. The Kier molecular flexibility index (Phi) is 5.50. The molecule has 6 nitrogen and oxygen atoms in total. The van der Waals surface area contributed by atoms with Gasteiger partial charge in [-0.15, -0.1) is 0 Å². The molecule has 2 fully saturated rings. The van der Waals surface area contributed by atoms with E-state index in [2.05, 4.69) is 60.2 Å². The number of hydrogen-bond acceptors (Lipinski definition) is 4. The van der Waals surface area contributed by atoms with Gasteiger partial charge in [0, 0.05) is 13.1 Å². The van der Waals surface area contributed by atoms with Crippen molar-refractivity contribution in [2.24, 2.45) is 11.7 Å². The number of nitrogens with one attached hydrogen (secondary N) is 1. The summed E-state index contributed by atoms with van der Waals surface area (Å²) in [7, 11) is 0. The summed E-state index contributed by atoms with van der Waals surface area (Å²) >= 11 is 0. The maximum atomic E-state index is 13.1. The Labute approximate surface area is 184 Å². The van der Waals surface area contributed by atoms with Crippen LogP contribution in [0.4, 0.5) is 11.5 Å². The van der Waals surface area contributed by atoms with Crippen molar-refractivity contribution in [3.8, 4) is 0 Å². The number of nitrogens with two attached hydrogens (primary N) is 1. The fourth-order valence-corrected chi connectivity index (χ4v) is 4.38. The van der Waals surface area contributed by atoms with Crippen molar-refractivity contribution in [1.82, 2.24) is 4.98 Å². The van der Waals surface area contributed by atoms with Crippen molar-refractivity contribution < 1.29 is 9.59 Å². The molecule has 1 aliphatic heterocycles. The number of benzene rings is 1. The minimum Gasteiger partial charge on any atom is -0.369 e. The molecule has 0 bridgehead atoms. The standard InChI is InChI=1S/C25H32N4O2/c1-24(2,3)18-6-8-19(9-7-18)25(12-13-25)23(31)28-20-10-11-21(27-15-20)29-14-4-5-17(16-29)22(26)30/h6-11,15,17H,4-5,12-14,16H2,1-3H3,(H2,26,30)(H,28,31). The lowest BCUT2D eigenvalue weighted by Crippen LogP contribution is -2.41. The van der Waals surface area contributed by atoms with Crippen LogP contribution in [0.3, 0.4) is 0 Å². The van der Waals surface area contributed by atoms with Gasteiger partial charge in [0.1, 0.15) is 5.82 Å². The third-order valence-electron chi connectivity index (χ3n) is 6.64. The van der Waals surface area contributed by atoms with Crippen LogP contribution < -0.4 is 16.0 Å². The van der Waals surface area contributed by atoms with E-state index < -0.39 is 5.41 Å². The zero-order valence-corrected chi connectivity index (χ0v) is 18.6. The zero-order valence-electron chi connectivity index (χ0n) is 18.6. The number of nitrogens with zero attached hydrogens (tertiary/aromatic N) is 2. The van der Waals surface area contributed by atoms with Crippen molar-refractivity contribution in [2.75, 3.05) is 23.3 Å². The summed E-state index contributed by atoms with van der Waals surface area (Å²) in [5, 5.41) is 3.05. The number of amides is 2. The van der Waals surface area contributed by atoms with E-state index >= 15 is 0 Å². The van der Waals surface area contributed by atoms with Crippen LogP contribution in [0.2, 0.25) is 0 Å². The van der Waals surface area contributed by atoms with Gasteiger partial charge in [0.05, 0.1) is 23.2 Å². The summed E-state index contributed by atoms with van der Waals surface area (Å²) in [4.78, 5) is 31.2. The second-order valence-electron chi connectivity index (χ2n) is 9.96. The highest BCUT2D eigenvalue weighted by atomic mass is 16.2. The van der Waals surface area contributed by atoms with Crippen LogP contribution in [-0.4, -0.2) is 29.9 Å². The molecule has 1 atom stereocenters. The van der Waals surface area contributed by atoms with Crippen molar-refractivity contribution in [3.05, 3.63) is 53.7 Å². The van der Waals surface area contributed by atoms with Crippen molar-refractivity contribution >= 4 is 23.3 Å². The highest BCUT2D eigenvalue weighted by Crippen LogP contribution is 2.49. The molecule has 1 unspecified atom stereocenters. The van der Waals surface area contributed by atoms with E-state index in [9.17, 15) is 9.59 Å². The quantitative estimate of drug-likeness (QED) is 0.771. The van der Waals surface area contributed by atoms with Gasteiger partial charge in [0.15, 0.2) is 0 Å². The van der Waals surface area contributed by atoms with Crippen LogP contribution in [-0.2, 0) is 20.4 Å². The summed E-state index contributed by atoms with van der Waals surface area (Å²) in [5.74, 6) is 0.452. The fraction of sp³-hybridized carbons (Fsp3) is 0.480. The van der Waals surface area contributed by atoms with Gasteiger partial charge in [-0.2, -0.15) is 0 Å². The Morgan fingerprint density at radius 3 is 2.39 bits per heavy atom. The van der Waals surface area contributed by atoms with E-state index in [1.807, 2.05) is 12.1 Å². The predicted molar refractivity (Wildman–Crippen MR) is 123 cm³/mol. The largest absolute Gasteiger partial charge is 0.369 e. The van der Waals surface area contributed by atoms with Gasteiger partial charge in [-0.05, 0) is 54.4 Å². The minimum absolute atomic E-state index is 0.0253. The zero-order chi connectivity index (χ0) is 22.2. The minimum atomic E-state index is -0.434. The molecule has 2 heterocycles. The van der Waals surface area contributed by atoms with E-state index in [-0.39, 0.29) is 23.1 Å². The Morgan fingerprint density at radius 1 is 1.13 bits per heavy atom. The second-order valence-corrected chi connectivity index (χ2v) is 9.96. The van der Waals surface area contributed by atoms with Crippen LogP contribution in [0, 0.1) is 5.92 Å². The van der Waals surface area contributed by atoms with Gasteiger partial charge < -0.3 is 16.0 Å². The molecule has 1 aromatic heterocycles. The molecular weight excluding hydrogens is 388 g/mol. The molecule has 0 spiro atoms. The second kappa shape index (κ2) is 7.98. The third-order valence-corrected chi connectivity index (χ3v) is 6.64. The monoisotopic (exact) mass is 420 g/mol. The number of primary amides is 1. The smallest absolute Gasteiger partial charge is 0.235 e. The van der Waals surface area contributed by atoms with E-state index in [1.54, 1.807) is 6.20 Å². The number of hydrogen-bond donors (Lipinski definition) is 2. The van der Waals surface area contributed by atoms with Gasteiger partial charge in [0.2, 0.25) is 11.8 Å². The predicted octanol–water partition coefficient (Wildman–Crippen LogP) is 3.75. The number of piperidine rings is 1. The SMILES string of the molecule is CC(C)(C)c1ccc(C2(C(=O)Nc3ccc(N4CCCC(C(N)=O)C4)nc3)CC2)cc1. The lowest BCUT2D eigenvalue weighted by Gasteiger charge is -2.32. The molecule has 3 N–H and O–H groups in total. The van der Waals surface area contributed by atoms with Gasteiger partial charge in [-0.25, -0.2) is 4.98 Å². The Hall–Kier alpha value is -2.89. The highest BCUT2D eigenvalue weighted by Gasteiger charge is 2.51.